The van der Waals surface area contributed by atoms with Crippen molar-refractivity contribution in [2.75, 3.05) is 16.8 Å². The maximum atomic E-state index is 12.5. The van der Waals surface area contributed by atoms with Crippen molar-refractivity contribution in [3.8, 4) is 0 Å². The average molecular weight is 377 g/mol. The molecular formula is C19H18Cl2N2O2. The minimum absolute atomic E-state index is 0.0760. The van der Waals surface area contributed by atoms with Gasteiger partial charge in [-0.25, -0.2) is 0 Å². The molecule has 25 heavy (non-hydrogen) atoms. The molecule has 1 fully saturated rings. The Morgan fingerprint density at radius 2 is 1.88 bits per heavy atom. The third-order valence-electron chi connectivity index (χ3n) is 4.41. The van der Waals surface area contributed by atoms with Crippen LogP contribution in [0.3, 0.4) is 0 Å². The van der Waals surface area contributed by atoms with Gasteiger partial charge in [-0.05, 0) is 55.3 Å². The Kier molecular flexibility index (Phi) is 5.02. The van der Waals surface area contributed by atoms with Crippen LogP contribution in [0.25, 0.3) is 0 Å². The van der Waals surface area contributed by atoms with Crippen LogP contribution in [0.2, 0.25) is 10.0 Å². The Morgan fingerprint density at radius 3 is 2.56 bits per heavy atom. The Morgan fingerprint density at radius 1 is 1.12 bits per heavy atom. The molecule has 3 rings (SSSR count). The van der Waals surface area contributed by atoms with Gasteiger partial charge < -0.3 is 10.2 Å². The van der Waals surface area contributed by atoms with E-state index >= 15 is 0 Å². The van der Waals surface area contributed by atoms with Crippen molar-refractivity contribution in [3.05, 3.63) is 57.6 Å². The second-order valence-corrected chi connectivity index (χ2v) is 7.13. The first-order valence-electron chi connectivity index (χ1n) is 7.98. The van der Waals surface area contributed by atoms with Crippen molar-refractivity contribution in [2.45, 2.75) is 20.3 Å². The molecule has 1 aliphatic rings. The summed E-state index contributed by atoms with van der Waals surface area (Å²) in [6.45, 7) is 4.13. The van der Waals surface area contributed by atoms with Crippen LogP contribution in [-0.2, 0) is 9.59 Å². The normalized spacial score (nSPS) is 17.0. The zero-order valence-electron chi connectivity index (χ0n) is 14.0. The maximum absolute atomic E-state index is 12.5. The molecular weight excluding hydrogens is 359 g/mol. The Hall–Kier alpha value is -2.04. The van der Waals surface area contributed by atoms with E-state index < -0.39 is 5.92 Å². The molecule has 1 saturated heterocycles. The van der Waals surface area contributed by atoms with Crippen molar-refractivity contribution in [1.82, 2.24) is 0 Å². The highest BCUT2D eigenvalue weighted by molar-refractivity contribution is 6.31. The monoisotopic (exact) mass is 376 g/mol. The fourth-order valence-corrected chi connectivity index (χ4v) is 3.29. The van der Waals surface area contributed by atoms with Gasteiger partial charge >= 0.3 is 0 Å². The number of carbonyl (C=O) groups is 2. The predicted octanol–water partition coefficient (Wildman–Crippen LogP) is 4.60. The first-order chi connectivity index (χ1) is 11.8. The summed E-state index contributed by atoms with van der Waals surface area (Å²) in [5, 5.41) is 4.12. The summed E-state index contributed by atoms with van der Waals surface area (Å²) < 4.78 is 0. The van der Waals surface area contributed by atoms with Gasteiger partial charge in [-0.3, -0.25) is 9.59 Å². The molecule has 0 aromatic heterocycles. The number of benzene rings is 2. The van der Waals surface area contributed by atoms with Crippen LogP contribution < -0.4 is 10.2 Å². The van der Waals surface area contributed by atoms with Gasteiger partial charge in [0.15, 0.2) is 0 Å². The Labute approximate surface area is 156 Å². The molecule has 130 valence electrons. The molecule has 1 N–H and O–H groups in total. The van der Waals surface area contributed by atoms with E-state index in [4.69, 9.17) is 23.2 Å². The summed E-state index contributed by atoms with van der Waals surface area (Å²) in [6.07, 6.45) is 0.184. The number of nitrogens with zero attached hydrogens (tertiary/aromatic N) is 1. The lowest BCUT2D eigenvalue weighted by molar-refractivity contribution is -0.122. The van der Waals surface area contributed by atoms with Gasteiger partial charge in [-0.15, -0.1) is 0 Å². The summed E-state index contributed by atoms with van der Waals surface area (Å²) in [7, 11) is 0. The third kappa shape index (κ3) is 3.80. The second-order valence-electron chi connectivity index (χ2n) is 6.29. The molecule has 2 amide bonds. The average Bonchev–Trinajstić information content (AvgIpc) is 2.95. The summed E-state index contributed by atoms with van der Waals surface area (Å²) in [5.41, 5.74) is 3.26. The summed E-state index contributed by atoms with van der Waals surface area (Å²) in [5.74, 6) is -0.643. The molecule has 1 unspecified atom stereocenters. The highest BCUT2D eigenvalue weighted by Gasteiger charge is 2.35. The van der Waals surface area contributed by atoms with E-state index in [-0.39, 0.29) is 18.2 Å². The van der Waals surface area contributed by atoms with Gasteiger partial charge in [0.2, 0.25) is 11.8 Å². The van der Waals surface area contributed by atoms with Gasteiger partial charge in [-0.2, -0.15) is 0 Å². The smallest absolute Gasteiger partial charge is 0.229 e. The van der Waals surface area contributed by atoms with Crippen LogP contribution in [0.15, 0.2) is 36.4 Å². The van der Waals surface area contributed by atoms with Crippen molar-refractivity contribution in [1.29, 1.82) is 0 Å². The molecule has 6 heteroatoms. The molecule has 4 nitrogen and oxygen atoms in total. The number of aryl methyl sites for hydroxylation is 2. The van der Waals surface area contributed by atoms with E-state index in [1.807, 2.05) is 26.0 Å². The highest BCUT2D eigenvalue weighted by Crippen LogP contribution is 2.29. The van der Waals surface area contributed by atoms with Gasteiger partial charge in [-0.1, -0.05) is 29.3 Å². The lowest BCUT2D eigenvalue weighted by Gasteiger charge is -2.18. The lowest BCUT2D eigenvalue weighted by Crippen LogP contribution is -2.28. The number of nitrogens with one attached hydrogen (secondary N) is 1. The Bertz CT molecular complexity index is 851. The molecule has 1 atom stereocenters. The number of carbonyl (C=O) groups excluding carboxylic acids is 2. The first kappa shape index (κ1) is 17.8. The zero-order chi connectivity index (χ0) is 18.1. The number of hydrogen-bond donors (Lipinski definition) is 1. The fraction of sp³-hybridized carbons (Fsp3) is 0.263. The Balaban J connectivity index is 1.73. The standard InChI is InChI=1S/C19H18Cl2N2O2/c1-11-3-5-15(9-16(11)21)23-10-13(8-18(23)24)19(25)22-17-6-4-14(20)7-12(17)2/h3-7,9,13H,8,10H2,1-2H3,(H,22,25). The summed E-state index contributed by atoms with van der Waals surface area (Å²) >= 11 is 12.1. The SMILES string of the molecule is Cc1ccc(N2CC(C(=O)Nc3ccc(Cl)cc3C)CC2=O)cc1Cl. The summed E-state index contributed by atoms with van der Waals surface area (Å²) in [6, 6.07) is 10.8. The fourth-order valence-electron chi connectivity index (χ4n) is 2.88. The van der Waals surface area contributed by atoms with Crippen molar-refractivity contribution in [2.24, 2.45) is 5.92 Å². The van der Waals surface area contributed by atoms with Gasteiger partial charge in [0.05, 0.1) is 5.92 Å². The quantitative estimate of drug-likeness (QED) is 0.850. The lowest BCUT2D eigenvalue weighted by atomic mass is 10.1. The predicted molar refractivity (Wildman–Crippen MR) is 101 cm³/mol. The molecule has 0 bridgehead atoms. The van der Waals surface area contributed by atoms with Crippen LogP contribution in [0.1, 0.15) is 17.5 Å². The van der Waals surface area contributed by atoms with E-state index in [0.29, 0.717) is 22.3 Å². The van der Waals surface area contributed by atoms with E-state index in [1.165, 1.54) is 0 Å². The van der Waals surface area contributed by atoms with Crippen molar-refractivity contribution in [3.63, 3.8) is 0 Å². The van der Waals surface area contributed by atoms with Crippen LogP contribution in [0, 0.1) is 19.8 Å². The number of hydrogen-bond acceptors (Lipinski definition) is 2. The molecule has 2 aromatic rings. The number of rotatable bonds is 3. The number of anilines is 2. The maximum Gasteiger partial charge on any atom is 0.229 e. The van der Waals surface area contributed by atoms with E-state index in [0.717, 1.165) is 16.8 Å². The van der Waals surface area contributed by atoms with Crippen molar-refractivity contribution < 1.29 is 9.59 Å². The van der Waals surface area contributed by atoms with Gasteiger partial charge in [0.1, 0.15) is 0 Å². The van der Waals surface area contributed by atoms with Crippen LogP contribution in [-0.4, -0.2) is 18.4 Å². The summed E-state index contributed by atoms with van der Waals surface area (Å²) in [4.78, 5) is 26.5. The van der Waals surface area contributed by atoms with Crippen LogP contribution in [0.4, 0.5) is 11.4 Å². The van der Waals surface area contributed by atoms with E-state index in [2.05, 4.69) is 5.32 Å². The molecule has 1 aliphatic heterocycles. The molecule has 0 aliphatic carbocycles. The van der Waals surface area contributed by atoms with Gasteiger partial charge in [0.25, 0.3) is 0 Å². The largest absolute Gasteiger partial charge is 0.326 e. The molecule has 2 aromatic carbocycles. The molecule has 0 saturated carbocycles. The zero-order valence-corrected chi connectivity index (χ0v) is 15.5. The third-order valence-corrected chi connectivity index (χ3v) is 5.05. The minimum atomic E-state index is -0.400. The van der Waals surface area contributed by atoms with Crippen molar-refractivity contribution >= 4 is 46.4 Å². The van der Waals surface area contributed by atoms with Gasteiger partial charge in [0, 0.05) is 34.4 Å². The molecule has 1 heterocycles. The highest BCUT2D eigenvalue weighted by atomic mass is 35.5. The number of halogens is 2. The topological polar surface area (TPSA) is 49.4 Å². The number of amides is 2. The molecule has 0 spiro atoms. The minimum Gasteiger partial charge on any atom is -0.326 e. The van der Waals surface area contributed by atoms with E-state index in [1.54, 1.807) is 29.2 Å². The van der Waals surface area contributed by atoms with E-state index in [9.17, 15) is 9.59 Å². The van der Waals surface area contributed by atoms with Crippen LogP contribution >= 0.6 is 23.2 Å². The first-order valence-corrected chi connectivity index (χ1v) is 8.74. The van der Waals surface area contributed by atoms with Crippen LogP contribution in [0.5, 0.6) is 0 Å². The molecule has 0 radical (unpaired) electrons. The second kappa shape index (κ2) is 7.06.